The maximum Gasteiger partial charge on any atom is 0.00670 e. The zero-order valence-electron chi connectivity index (χ0n) is 6.43. The highest BCUT2D eigenvalue weighted by Gasteiger charge is 2.21. The lowest BCUT2D eigenvalue weighted by molar-refractivity contribution is 0.266. The molecular formula is C8H17N. The van der Waals surface area contributed by atoms with Gasteiger partial charge in [0.2, 0.25) is 0 Å². The third kappa shape index (κ3) is 1.68. The quantitative estimate of drug-likeness (QED) is 0.527. The van der Waals surface area contributed by atoms with Crippen LogP contribution in [0.15, 0.2) is 0 Å². The number of hydrogen-bond donors (Lipinski definition) is 1. The van der Waals surface area contributed by atoms with Gasteiger partial charge in [-0.1, -0.05) is 20.3 Å². The second-order valence-corrected chi connectivity index (χ2v) is 3.56. The minimum Gasteiger partial charge on any atom is -0.327 e. The fraction of sp³-hybridized carbons (Fsp3) is 1.00. The minimum atomic E-state index is 0.480. The van der Waals surface area contributed by atoms with Crippen LogP contribution in [0.2, 0.25) is 0 Å². The first kappa shape index (κ1) is 7.07. The number of hydrogen-bond acceptors (Lipinski definition) is 1. The lowest BCUT2D eigenvalue weighted by Gasteiger charge is -2.29. The van der Waals surface area contributed by atoms with Crippen LogP contribution in [0.5, 0.6) is 0 Å². The van der Waals surface area contributed by atoms with E-state index >= 15 is 0 Å². The van der Waals surface area contributed by atoms with Gasteiger partial charge in [-0.25, -0.2) is 0 Å². The van der Waals surface area contributed by atoms with Crippen LogP contribution in [0.25, 0.3) is 0 Å². The van der Waals surface area contributed by atoms with E-state index in [0.29, 0.717) is 6.04 Å². The van der Waals surface area contributed by atoms with Crippen molar-refractivity contribution in [2.75, 3.05) is 0 Å². The van der Waals surface area contributed by atoms with E-state index in [9.17, 15) is 0 Å². The highest BCUT2D eigenvalue weighted by atomic mass is 14.7. The summed E-state index contributed by atoms with van der Waals surface area (Å²) in [5, 5.41) is 0. The average molecular weight is 127 g/mol. The molecule has 1 aliphatic rings. The van der Waals surface area contributed by atoms with Crippen molar-refractivity contribution in [1.82, 2.24) is 0 Å². The molecule has 0 bridgehead atoms. The Labute approximate surface area is 57.6 Å². The summed E-state index contributed by atoms with van der Waals surface area (Å²) >= 11 is 0. The van der Waals surface area contributed by atoms with E-state index < -0.39 is 0 Å². The Bertz CT molecular complexity index is 90.6. The molecule has 0 radical (unpaired) electrons. The molecule has 1 heteroatoms. The largest absolute Gasteiger partial charge is 0.327 e. The Morgan fingerprint density at radius 3 is 2.33 bits per heavy atom. The molecule has 0 aromatic heterocycles. The highest BCUT2D eigenvalue weighted by molar-refractivity contribution is 4.77. The van der Waals surface area contributed by atoms with Crippen molar-refractivity contribution >= 4 is 0 Å². The molecule has 1 rings (SSSR count). The Morgan fingerprint density at radius 2 is 1.89 bits per heavy atom. The molecule has 0 spiro atoms. The van der Waals surface area contributed by atoms with Crippen LogP contribution in [0.3, 0.4) is 0 Å². The molecule has 0 aliphatic heterocycles. The van der Waals surface area contributed by atoms with E-state index in [-0.39, 0.29) is 0 Å². The van der Waals surface area contributed by atoms with Crippen molar-refractivity contribution in [3.63, 3.8) is 0 Å². The van der Waals surface area contributed by atoms with E-state index in [4.69, 9.17) is 5.73 Å². The van der Waals surface area contributed by atoms with Crippen LogP contribution >= 0.6 is 0 Å². The zero-order valence-corrected chi connectivity index (χ0v) is 6.43. The molecule has 0 aromatic carbocycles. The molecule has 0 aromatic rings. The molecule has 1 aliphatic carbocycles. The van der Waals surface area contributed by atoms with Gasteiger partial charge in [0, 0.05) is 6.04 Å². The summed E-state index contributed by atoms with van der Waals surface area (Å²) in [5.41, 5.74) is 5.87. The van der Waals surface area contributed by atoms with E-state index in [1.165, 1.54) is 19.3 Å². The first-order valence-corrected chi connectivity index (χ1v) is 3.95. The molecule has 1 fully saturated rings. The highest BCUT2D eigenvalue weighted by Crippen LogP contribution is 2.26. The Kier molecular flexibility index (Phi) is 2.12. The summed E-state index contributed by atoms with van der Waals surface area (Å²) in [6.45, 7) is 4.56. The lowest BCUT2D eigenvalue weighted by Crippen LogP contribution is -2.34. The van der Waals surface area contributed by atoms with Gasteiger partial charge in [0.15, 0.2) is 0 Å². The number of nitrogens with two attached hydrogens (primary N) is 1. The molecule has 1 saturated carbocycles. The predicted octanol–water partition coefficient (Wildman–Crippen LogP) is 1.77. The first-order valence-electron chi connectivity index (χ1n) is 3.95. The molecule has 0 heterocycles. The molecular weight excluding hydrogens is 110 g/mol. The molecule has 9 heavy (non-hydrogen) atoms. The number of rotatable bonds is 0. The Balaban J connectivity index is 2.35. The predicted molar refractivity (Wildman–Crippen MR) is 40.2 cm³/mol. The van der Waals surface area contributed by atoms with Crippen molar-refractivity contribution in [3.05, 3.63) is 0 Å². The van der Waals surface area contributed by atoms with Crippen molar-refractivity contribution in [2.24, 2.45) is 17.6 Å². The van der Waals surface area contributed by atoms with Crippen LogP contribution in [0.4, 0.5) is 0 Å². The van der Waals surface area contributed by atoms with E-state index in [2.05, 4.69) is 13.8 Å². The summed E-state index contributed by atoms with van der Waals surface area (Å²) in [4.78, 5) is 0. The van der Waals surface area contributed by atoms with E-state index in [1.54, 1.807) is 0 Å². The summed E-state index contributed by atoms with van der Waals surface area (Å²) in [7, 11) is 0. The van der Waals surface area contributed by atoms with Crippen LogP contribution in [0.1, 0.15) is 33.1 Å². The van der Waals surface area contributed by atoms with Crippen molar-refractivity contribution < 1.29 is 0 Å². The van der Waals surface area contributed by atoms with Gasteiger partial charge in [-0.2, -0.15) is 0 Å². The third-order valence-electron chi connectivity index (χ3n) is 2.52. The van der Waals surface area contributed by atoms with Gasteiger partial charge in [0.25, 0.3) is 0 Å². The fourth-order valence-corrected chi connectivity index (χ4v) is 1.58. The van der Waals surface area contributed by atoms with Gasteiger partial charge in [0.05, 0.1) is 0 Å². The van der Waals surface area contributed by atoms with Crippen LogP contribution in [-0.4, -0.2) is 6.04 Å². The first-order chi connectivity index (χ1) is 4.20. The SMILES string of the molecule is CC1CC[C@@H](C)C(N)C1. The molecule has 1 nitrogen and oxygen atoms in total. The smallest absolute Gasteiger partial charge is 0.00670 e. The van der Waals surface area contributed by atoms with Gasteiger partial charge < -0.3 is 5.73 Å². The van der Waals surface area contributed by atoms with Gasteiger partial charge in [-0.3, -0.25) is 0 Å². The summed E-state index contributed by atoms with van der Waals surface area (Å²) < 4.78 is 0. The zero-order chi connectivity index (χ0) is 6.85. The summed E-state index contributed by atoms with van der Waals surface area (Å²) in [6, 6.07) is 0.480. The van der Waals surface area contributed by atoms with Crippen LogP contribution in [-0.2, 0) is 0 Å². The lowest BCUT2D eigenvalue weighted by atomic mass is 9.81. The van der Waals surface area contributed by atoms with Gasteiger partial charge in [-0.15, -0.1) is 0 Å². The second-order valence-electron chi connectivity index (χ2n) is 3.56. The van der Waals surface area contributed by atoms with E-state index in [0.717, 1.165) is 11.8 Å². The monoisotopic (exact) mass is 127 g/mol. The molecule has 0 saturated heterocycles. The Hall–Kier alpha value is -0.0400. The summed E-state index contributed by atoms with van der Waals surface area (Å²) in [6.07, 6.45) is 3.96. The topological polar surface area (TPSA) is 26.0 Å². The molecule has 54 valence electrons. The Morgan fingerprint density at radius 1 is 1.22 bits per heavy atom. The van der Waals surface area contributed by atoms with E-state index in [1.807, 2.05) is 0 Å². The maximum absolute atomic E-state index is 5.87. The maximum atomic E-state index is 5.87. The second kappa shape index (κ2) is 2.70. The molecule has 0 amide bonds. The van der Waals surface area contributed by atoms with Gasteiger partial charge >= 0.3 is 0 Å². The van der Waals surface area contributed by atoms with Crippen molar-refractivity contribution in [3.8, 4) is 0 Å². The van der Waals surface area contributed by atoms with Crippen LogP contribution in [0, 0.1) is 11.8 Å². The standard InChI is InChI=1S/C8H17N/c1-6-3-4-7(2)8(9)5-6/h6-8H,3-5,9H2,1-2H3/t6?,7-,8?/m1/s1. The summed E-state index contributed by atoms with van der Waals surface area (Å²) in [5.74, 6) is 1.64. The third-order valence-corrected chi connectivity index (χ3v) is 2.52. The minimum absolute atomic E-state index is 0.480. The van der Waals surface area contributed by atoms with Crippen LogP contribution < -0.4 is 5.73 Å². The molecule has 3 atom stereocenters. The average Bonchev–Trinajstić information content (AvgIpc) is 1.80. The molecule has 2 N–H and O–H groups in total. The van der Waals surface area contributed by atoms with Gasteiger partial charge in [-0.05, 0) is 24.7 Å². The van der Waals surface area contributed by atoms with Gasteiger partial charge in [0.1, 0.15) is 0 Å². The normalized spacial score (nSPS) is 45.0. The fourth-order valence-electron chi connectivity index (χ4n) is 1.58. The van der Waals surface area contributed by atoms with Crippen molar-refractivity contribution in [2.45, 2.75) is 39.2 Å². The van der Waals surface area contributed by atoms with Crippen molar-refractivity contribution in [1.29, 1.82) is 0 Å². The molecule has 2 unspecified atom stereocenters.